The van der Waals surface area contributed by atoms with Gasteiger partial charge in [0.2, 0.25) is 11.1 Å². The number of halogens is 1. The Morgan fingerprint density at radius 2 is 0.922 bits per heavy atom. The summed E-state index contributed by atoms with van der Waals surface area (Å²) in [7, 11) is 3.22. The maximum atomic E-state index is 14.1. The van der Waals surface area contributed by atoms with E-state index in [1.54, 1.807) is 60.4 Å². The summed E-state index contributed by atoms with van der Waals surface area (Å²) in [5.74, 6) is 3.14. The van der Waals surface area contributed by atoms with Crippen LogP contribution in [0.25, 0.3) is 21.8 Å². The number of aliphatic hydroxyl groups is 2. The normalized spacial score (nSPS) is 17.2. The summed E-state index contributed by atoms with van der Waals surface area (Å²) in [4.78, 5) is 101. The number of alkyl carbamates (subject to hydrolysis) is 2. The van der Waals surface area contributed by atoms with E-state index in [-0.39, 0.29) is 90.7 Å². The highest BCUT2D eigenvalue weighted by Gasteiger charge is 2.42. The van der Waals surface area contributed by atoms with Gasteiger partial charge < -0.3 is 95.1 Å². The largest absolute Gasteiger partial charge is 0.506 e. The van der Waals surface area contributed by atoms with Crippen LogP contribution in [0.3, 0.4) is 0 Å². The second-order valence-electron chi connectivity index (χ2n) is 32.1. The molecule has 10 atom stereocenters. The molecule has 2 aromatic heterocycles. The number of carbonyl (C=O) groups excluding carboxylic acids is 5. The van der Waals surface area contributed by atoms with E-state index in [0.717, 1.165) is 103 Å². The molecule has 4 bridgehead atoms. The molecule has 4 aliphatic heterocycles. The molecule has 4 aliphatic rings. The van der Waals surface area contributed by atoms with Crippen molar-refractivity contribution in [1.82, 2.24) is 45.5 Å². The van der Waals surface area contributed by atoms with E-state index in [4.69, 9.17) is 34.2 Å². The molecule has 4 unspecified atom stereocenters. The molecule has 0 radical (unpaired) electrons. The highest BCUT2D eigenvalue weighted by Crippen LogP contribution is 2.36. The topological polar surface area (TPSA) is 362 Å². The number of amides is 4. The summed E-state index contributed by atoms with van der Waals surface area (Å²) in [5, 5.41) is 51.2. The Labute approximate surface area is 747 Å². The molecule has 666 valence electrons. The van der Waals surface area contributed by atoms with E-state index in [1.807, 2.05) is 194 Å². The number of piperidine rings is 2. The maximum Gasteiger partial charge on any atom is 0.408 e. The van der Waals surface area contributed by atoms with Gasteiger partial charge in [0, 0.05) is 118 Å². The molecular formula is C100H107ClN10O17. The van der Waals surface area contributed by atoms with Gasteiger partial charge in [-0.25, -0.2) is 9.59 Å². The number of aromatic hydroxyl groups is 2. The number of H-pyrrole nitrogens is 2. The second-order valence-corrected chi connectivity index (χ2v) is 32.1. The molecule has 4 fully saturated rings. The molecule has 16 rings (SSSR count). The number of fused-ring (bicyclic) bond motifs is 6. The minimum absolute atomic E-state index is 0. The number of nitrogens with zero attached hydrogens (tertiary/aromatic N) is 4. The summed E-state index contributed by atoms with van der Waals surface area (Å²) in [6, 6.07) is 76.1. The van der Waals surface area contributed by atoms with Crippen LogP contribution in [0.4, 0.5) is 9.59 Å². The molecule has 11 N–H and O–H groups in total. The molecule has 27 nitrogen and oxygen atoms in total. The third-order valence-electron chi connectivity index (χ3n) is 23.4. The zero-order chi connectivity index (χ0) is 88.7. The molecule has 10 aromatic carbocycles. The van der Waals surface area contributed by atoms with Gasteiger partial charge >= 0.3 is 12.2 Å². The highest BCUT2D eigenvalue weighted by atomic mass is 35.5. The van der Waals surface area contributed by atoms with Crippen molar-refractivity contribution in [3.05, 3.63) is 342 Å². The number of rotatable bonds is 34. The van der Waals surface area contributed by atoms with Crippen molar-refractivity contribution in [2.24, 2.45) is 17.6 Å². The summed E-state index contributed by atoms with van der Waals surface area (Å²) in [6.45, 7) is 8.62. The standard InChI is InChI=1S/C50H53N5O8.C39H41N3O6.C11H12N2O3.ClH/c1-61-39-12-5-8-34(26-39)29-55(24-7-23-51-28-44(57)41-18-20-43(56)48-42(41)19-21-46(58)52-48)49(59)36-16-14-33(15-17-36)32-62-40-13-6-11-37(27-40)47(35-9-3-2-4-10-35)53-50(60)63-45-31-54-25-22-38(45)30-54;1-46-34-12-5-8-29(22-34)24-42(19-7-21-43)38(44)31-16-14-28(15-17-31)27-47-35-13-6-11-32(23-35)37(30-9-3-2-4-10-30)40-39(45)48-36-26-41-20-18-33(36)25-41;12-5-9(15)6-1-3-8(14)11-7(6)2-4-10(16)13-11;/h2-6,8-21,26-27,38,44-45,47,51,56-57H,7,22-25,28-32H2,1H3,(H,52,58)(H,53,60);2-6,8-17,21-23,33,36-37H,7,18-20,24-27H2,1H3,(H,40,45);1-4,9,14-15H,5,12H2,(H,13,16);1H/t38?,44-,45-,47-;33?,36-,37-;9-;/m000./s1. The Morgan fingerprint density at radius 3 is 1.34 bits per heavy atom. The lowest BCUT2D eigenvalue weighted by molar-refractivity contribution is -0.108. The third kappa shape index (κ3) is 24.2. The lowest BCUT2D eigenvalue weighted by Gasteiger charge is -2.25. The first-order valence-corrected chi connectivity index (χ1v) is 42.7. The Morgan fingerprint density at radius 1 is 0.492 bits per heavy atom. The van der Waals surface area contributed by atoms with Crippen LogP contribution in [-0.4, -0.2) is 179 Å². The number of nitrogens with one attached hydrogen (secondary N) is 5. The fourth-order valence-corrected chi connectivity index (χ4v) is 16.7. The summed E-state index contributed by atoms with van der Waals surface area (Å²) in [6.07, 6.45) is 1.10. The van der Waals surface area contributed by atoms with Crippen molar-refractivity contribution in [3.8, 4) is 34.5 Å². The van der Waals surface area contributed by atoms with Crippen LogP contribution in [-0.2, 0) is 40.6 Å². The van der Waals surface area contributed by atoms with E-state index in [2.05, 4.69) is 35.7 Å². The van der Waals surface area contributed by atoms with Gasteiger partial charge in [0.25, 0.3) is 11.8 Å². The lowest BCUT2D eigenvalue weighted by Crippen LogP contribution is -2.37. The Bertz CT molecular complexity index is 5870. The minimum Gasteiger partial charge on any atom is -0.506 e. The number of phenolic OH excluding ortho intramolecular Hbond substituents is 2. The van der Waals surface area contributed by atoms with Gasteiger partial charge in [-0.2, -0.15) is 0 Å². The van der Waals surface area contributed by atoms with Crippen LogP contribution < -0.4 is 51.8 Å². The number of aldehydes is 1. The Balaban J connectivity index is 0.000000189. The Hall–Kier alpha value is -13.4. The Kier molecular flexibility index (Phi) is 32.2. The average molecular weight is 1760 g/mol. The van der Waals surface area contributed by atoms with E-state index >= 15 is 0 Å². The molecule has 4 amide bonds. The zero-order valence-electron chi connectivity index (χ0n) is 71.3. The van der Waals surface area contributed by atoms with E-state index in [1.165, 1.54) is 24.3 Å². The number of aliphatic hydroxyl groups excluding tert-OH is 2. The number of hydrogen-bond donors (Lipinski definition) is 10. The maximum absolute atomic E-state index is 14.1. The molecule has 28 heteroatoms. The van der Waals surface area contributed by atoms with Crippen LogP contribution in [0.1, 0.15) is 126 Å². The van der Waals surface area contributed by atoms with Gasteiger partial charge in [-0.3, -0.25) is 29.0 Å². The first-order chi connectivity index (χ1) is 61.8. The monoisotopic (exact) mass is 1750 g/mol. The van der Waals surface area contributed by atoms with Crippen molar-refractivity contribution in [2.45, 2.75) is 88.5 Å². The number of carbonyl (C=O) groups is 5. The van der Waals surface area contributed by atoms with Gasteiger partial charge in [0.05, 0.1) is 49.5 Å². The van der Waals surface area contributed by atoms with Gasteiger partial charge in [-0.15, -0.1) is 12.4 Å². The number of aromatic amines is 2. The SMILES string of the molecule is COc1cccc(CN(CCC=O)C(=O)c2ccc(COc3cccc([C@@H](NC(=O)O[C@H]4CN5CCC4C5)c4ccccc4)c3)cc2)c1.COc1cccc(CN(CCCNC[C@H](O)c2ccc(O)c3[nH]c(=O)ccc23)C(=O)c2ccc(COc3cccc([C@@H](NC(=O)O[C@H]4CN5CCC4C5)c4ccccc4)c3)cc2)c1.Cl.NC[C@H](O)c1ccc(O)c2[nH]c(=O)ccc12. The number of hydrogen-bond acceptors (Lipinski definition) is 21. The number of benzene rings is 10. The van der Waals surface area contributed by atoms with Crippen molar-refractivity contribution >= 4 is 64.5 Å². The molecule has 12 aromatic rings. The molecule has 6 heterocycles. The first-order valence-electron chi connectivity index (χ1n) is 42.7. The second kappa shape index (κ2) is 44.7. The van der Waals surface area contributed by atoms with Crippen LogP contribution in [0, 0.1) is 11.8 Å². The van der Waals surface area contributed by atoms with E-state index in [9.17, 15) is 54.0 Å². The van der Waals surface area contributed by atoms with E-state index in [0.29, 0.717) is 119 Å². The van der Waals surface area contributed by atoms with Crippen molar-refractivity contribution in [2.75, 3.05) is 86.2 Å². The fourth-order valence-electron chi connectivity index (χ4n) is 16.7. The lowest BCUT2D eigenvalue weighted by atomic mass is 9.98. The molecule has 0 spiro atoms. The summed E-state index contributed by atoms with van der Waals surface area (Å²) >= 11 is 0. The predicted octanol–water partition coefficient (Wildman–Crippen LogP) is 13.4. The quantitative estimate of drug-likeness (QED) is 0.0132. The predicted molar refractivity (Wildman–Crippen MR) is 489 cm³/mol. The summed E-state index contributed by atoms with van der Waals surface area (Å²) in [5.41, 5.74) is 14.8. The number of nitrogens with two attached hydrogens (primary N) is 1. The number of ether oxygens (including phenoxy) is 6. The molecule has 128 heavy (non-hydrogen) atoms. The molecule has 0 aliphatic carbocycles. The number of aromatic nitrogens is 2. The van der Waals surface area contributed by atoms with Gasteiger partial charge in [0.15, 0.2) is 0 Å². The van der Waals surface area contributed by atoms with Crippen molar-refractivity contribution in [1.29, 1.82) is 0 Å². The van der Waals surface area contributed by atoms with Crippen LogP contribution in [0.15, 0.2) is 264 Å². The number of pyridine rings is 2. The molecular weight excluding hydrogens is 1650 g/mol. The van der Waals surface area contributed by atoms with Gasteiger partial charge in [-0.05, 0) is 192 Å². The molecule has 0 saturated carbocycles. The smallest absolute Gasteiger partial charge is 0.408 e. The molecule has 4 saturated heterocycles. The number of phenols is 2. The minimum atomic E-state index is -0.895. The fraction of sp³-hybridized carbons (Fsp3) is 0.290. The average Bonchev–Trinajstić information content (AvgIpc) is 1.08. The van der Waals surface area contributed by atoms with Gasteiger partial charge in [-0.1, -0.05) is 146 Å². The van der Waals surface area contributed by atoms with Crippen LogP contribution in [0.5, 0.6) is 34.5 Å². The zero-order valence-corrected chi connectivity index (χ0v) is 72.1. The number of methoxy groups -OCH3 is 2. The van der Waals surface area contributed by atoms with E-state index < -0.39 is 36.5 Å². The highest BCUT2D eigenvalue weighted by molar-refractivity contribution is 5.95. The first kappa shape index (κ1) is 92.3. The van der Waals surface area contributed by atoms with Gasteiger partial charge in [0.1, 0.15) is 66.2 Å². The van der Waals surface area contributed by atoms with Crippen LogP contribution >= 0.6 is 12.4 Å². The third-order valence-corrected chi connectivity index (χ3v) is 23.4. The van der Waals surface area contributed by atoms with Crippen molar-refractivity contribution in [3.63, 3.8) is 0 Å². The van der Waals surface area contributed by atoms with Crippen molar-refractivity contribution < 1.29 is 72.8 Å². The summed E-state index contributed by atoms with van der Waals surface area (Å²) < 4.78 is 35.0. The van der Waals surface area contributed by atoms with Crippen LogP contribution in [0.2, 0.25) is 0 Å².